The fourth-order valence-electron chi connectivity index (χ4n) is 5.48. The second-order valence-electron chi connectivity index (χ2n) is 9.77. The Balaban J connectivity index is 1.52. The Hall–Kier alpha value is -3.96. The number of methoxy groups -OCH3 is 2. The van der Waals surface area contributed by atoms with Gasteiger partial charge in [-0.2, -0.15) is 0 Å². The van der Waals surface area contributed by atoms with Crippen LogP contribution in [0.3, 0.4) is 0 Å². The first-order valence-corrected chi connectivity index (χ1v) is 12.8. The lowest BCUT2D eigenvalue weighted by atomic mass is 9.83. The number of benzene rings is 4. The normalized spacial score (nSPS) is 16.8. The molecular formula is C32H32N2O3. The molecule has 5 heteroatoms. The quantitative estimate of drug-likeness (QED) is 0.344. The van der Waals surface area contributed by atoms with Crippen molar-refractivity contribution in [3.63, 3.8) is 0 Å². The Bertz CT molecular complexity index is 1390. The predicted octanol–water partition coefficient (Wildman–Crippen LogP) is 5.96. The lowest BCUT2D eigenvalue weighted by molar-refractivity contribution is 0.161. The number of ether oxygens (including phenoxy) is 3. The van der Waals surface area contributed by atoms with Crippen LogP contribution in [0.5, 0.6) is 17.2 Å². The largest absolute Gasteiger partial charge is 0.497 e. The van der Waals surface area contributed by atoms with Crippen molar-refractivity contribution in [2.75, 3.05) is 52.3 Å². The highest BCUT2D eigenvalue weighted by atomic mass is 16.5. The van der Waals surface area contributed by atoms with Gasteiger partial charge in [-0.3, -0.25) is 0 Å². The van der Waals surface area contributed by atoms with E-state index in [2.05, 4.69) is 83.6 Å². The molecule has 188 valence electrons. The molecule has 2 aliphatic rings. The summed E-state index contributed by atoms with van der Waals surface area (Å²) in [6, 6.07) is 27.2. The van der Waals surface area contributed by atoms with Gasteiger partial charge in [-0.1, -0.05) is 48.5 Å². The first-order chi connectivity index (χ1) is 18.1. The Morgan fingerprint density at radius 2 is 1.30 bits per heavy atom. The van der Waals surface area contributed by atoms with Gasteiger partial charge in [0.25, 0.3) is 0 Å². The summed E-state index contributed by atoms with van der Waals surface area (Å²) < 4.78 is 18.0. The fraction of sp³-hybridized carbons (Fsp3) is 0.250. The van der Waals surface area contributed by atoms with E-state index in [-0.39, 0.29) is 0 Å². The molecular weight excluding hydrogens is 460 g/mol. The summed E-state index contributed by atoms with van der Waals surface area (Å²) in [5.74, 6) is 2.52. The van der Waals surface area contributed by atoms with E-state index in [1.54, 1.807) is 14.2 Å². The number of rotatable bonds is 5. The molecule has 0 unspecified atom stereocenters. The molecule has 0 N–H and O–H groups in total. The average Bonchev–Trinajstić information content (AvgIpc) is 2.97. The number of hydrogen-bond acceptors (Lipinski definition) is 5. The minimum Gasteiger partial charge on any atom is -0.497 e. The molecule has 2 aliphatic heterocycles. The molecule has 1 saturated heterocycles. The third-order valence-electron chi connectivity index (χ3n) is 7.66. The molecule has 2 heterocycles. The molecule has 0 amide bonds. The van der Waals surface area contributed by atoms with Gasteiger partial charge in [-0.05, 0) is 48.9 Å². The average molecular weight is 493 g/mol. The molecule has 0 bridgehead atoms. The van der Waals surface area contributed by atoms with E-state index in [9.17, 15) is 0 Å². The lowest BCUT2D eigenvalue weighted by Crippen LogP contribution is -2.44. The van der Waals surface area contributed by atoms with Crippen molar-refractivity contribution in [3.8, 4) is 17.2 Å². The second-order valence-corrected chi connectivity index (χ2v) is 9.77. The molecule has 4 aromatic rings. The molecule has 6 rings (SSSR count). The van der Waals surface area contributed by atoms with Gasteiger partial charge >= 0.3 is 0 Å². The van der Waals surface area contributed by atoms with E-state index in [0.29, 0.717) is 0 Å². The third kappa shape index (κ3) is 4.09. The Morgan fingerprint density at radius 3 is 1.86 bits per heavy atom. The molecule has 5 nitrogen and oxygen atoms in total. The first kappa shape index (κ1) is 23.4. The van der Waals surface area contributed by atoms with Crippen LogP contribution in [0.15, 0.2) is 84.9 Å². The molecule has 0 aliphatic carbocycles. The second kappa shape index (κ2) is 9.49. The number of fused-ring (bicyclic) bond motifs is 3. The van der Waals surface area contributed by atoms with Gasteiger partial charge in [0.15, 0.2) is 5.60 Å². The minimum absolute atomic E-state index is 0.784. The van der Waals surface area contributed by atoms with E-state index in [1.165, 1.54) is 16.5 Å². The zero-order valence-electron chi connectivity index (χ0n) is 21.6. The summed E-state index contributed by atoms with van der Waals surface area (Å²) in [6.07, 6.45) is 4.41. The number of nitrogens with zero attached hydrogens (tertiary/aromatic N) is 2. The molecule has 4 aromatic carbocycles. The summed E-state index contributed by atoms with van der Waals surface area (Å²) in [5.41, 5.74) is 3.64. The van der Waals surface area contributed by atoms with Crippen LogP contribution >= 0.6 is 0 Å². The van der Waals surface area contributed by atoms with Gasteiger partial charge in [0, 0.05) is 60.0 Å². The van der Waals surface area contributed by atoms with Crippen molar-refractivity contribution >= 4 is 22.5 Å². The molecule has 0 atom stereocenters. The van der Waals surface area contributed by atoms with Gasteiger partial charge in [0.05, 0.1) is 14.2 Å². The highest BCUT2D eigenvalue weighted by molar-refractivity contribution is 6.02. The van der Waals surface area contributed by atoms with Gasteiger partial charge in [0.2, 0.25) is 0 Å². The number of anilines is 1. The van der Waals surface area contributed by atoms with Crippen LogP contribution in [-0.4, -0.2) is 52.3 Å². The maximum Gasteiger partial charge on any atom is 0.178 e. The maximum atomic E-state index is 7.09. The summed E-state index contributed by atoms with van der Waals surface area (Å²) in [4.78, 5) is 4.88. The first-order valence-electron chi connectivity index (χ1n) is 12.8. The Labute approximate surface area is 218 Å². The van der Waals surface area contributed by atoms with Gasteiger partial charge in [-0.15, -0.1) is 0 Å². The van der Waals surface area contributed by atoms with Crippen molar-refractivity contribution in [2.45, 2.75) is 5.60 Å². The summed E-state index contributed by atoms with van der Waals surface area (Å²) in [6.45, 7) is 4.09. The fourth-order valence-corrected chi connectivity index (χ4v) is 5.48. The third-order valence-corrected chi connectivity index (χ3v) is 7.66. The van der Waals surface area contributed by atoms with E-state index >= 15 is 0 Å². The molecule has 37 heavy (non-hydrogen) atoms. The molecule has 0 spiro atoms. The number of hydrogen-bond donors (Lipinski definition) is 0. The monoisotopic (exact) mass is 492 g/mol. The van der Waals surface area contributed by atoms with E-state index in [0.717, 1.165) is 60.1 Å². The van der Waals surface area contributed by atoms with Crippen LogP contribution in [0, 0.1) is 0 Å². The highest BCUT2D eigenvalue weighted by Gasteiger charge is 2.38. The number of piperazine rings is 1. The lowest BCUT2D eigenvalue weighted by Gasteiger charge is -2.38. The van der Waals surface area contributed by atoms with E-state index < -0.39 is 5.60 Å². The van der Waals surface area contributed by atoms with Crippen molar-refractivity contribution < 1.29 is 14.2 Å². The van der Waals surface area contributed by atoms with Gasteiger partial charge in [-0.25, -0.2) is 0 Å². The van der Waals surface area contributed by atoms with Crippen molar-refractivity contribution in [3.05, 3.63) is 102 Å². The van der Waals surface area contributed by atoms with Crippen LogP contribution in [0.1, 0.15) is 16.7 Å². The summed E-state index contributed by atoms with van der Waals surface area (Å²) in [5, 5.41) is 2.48. The van der Waals surface area contributed by atoms with E-state index in [1.807, 2.05) is 24.3 Å². The molecule has 0 radical (unpaired) electrons. The van der Waals surface area contributed by atoms with Gasteiger partial charge in [0.1, 0.15) is 17.2 Å². The molecule has 1 fully saturated rings. The van der Waals surface area contributed by atoms with E-state index in [4.69, 9.17) is 14.2 Å². The van der Waals surface area contributed by atoms with Crippen LogP contribution < -0.4 is 19.1 Å². The SMILES string of the molecule is COc1ccc(C2(c3ccc(OC)cc3)C=Cc3c(cc(N4CCN(C)CC4)c4ccccc34)O2)cc1. The molecule has 0 aromatic heterocycles. The predicted molar refractivity (Wildman–Crippen MR) is 150 cm³/mol. The van der Waals surface area contributed by atoms with Crippen molar-refractivity contribution in [1.29, 1.82) is 0 Å². The summed E-state index contributed by atoms with van der Waals surface area (Å²) in [7, 11) is 5.56. The van der Waals surface area contributed by atoms with Crippen LogP contribution in [0.25, 0.3) is 16.8 Å². The maximum absolute atomic E-state index is 7.09. The van der Waals surface area contributed by atoms with Crippen LogP contribution in [0.2, 0.25) is 0 Å². The van der Waals surface area contributed by atoms with Crippen LogP contribution in [-0.2, 0) is 5.60 Å². The Morgan fingerprint density at radius 1 is 0.730 bits per heavy atom. The van der Waals surface area contributed by atoms with Crippen LogP contribution in [0.4, 0.5) is 5.69 Å². The Kier molecular flexibility index (Phi) is 6.01. The minimum atomic E-state index is -0.784. The zero-order chi connectivity index (χ0) is 25.4. The van der Waals surface area contributed by atoms with Crippen molar-refractivity contribution in [1.82, 2.24) is 4.90 Å². The molecule has 0 saturated carbocycles. The highest BCUT2D eigenvalue weighted by Crippen LogP contribution is 2.47. The smallest absolute Gasteiger partial charge is 0.178 e. The number of likely N-dealkylation sites (N-methyl/N-ethyl adjacent to an activating group) is 1. The van der Waals surface area contributed by atoms with Gasteiger partial charge < -0.3 is 24.0 Å². The standard InChI is InChI=1S/C32H32N2O3/c1-33-18-20-34(21-19-33)30-22-31-29(27-6-4-5-7-28(27)30)16-17-32(37-31,23-8-12-25(35-2)13-9-23)24-10-14-26(36-3)15-11-24/h4-17,22H,18-21H2,1-3H3. The summed E-state index contributed by atoms with van der Waals surface area (Å²) >= 11 is 0. The van der Waals surface area contributed by atoms with Crippen molar-refractivity contribution in [2.24, 2.45) is 0 Å². The topological polar surface area (TPSA) is 34.2 Å². The zero-order valence-corrected chi connectivity index (χ0v) is 21.6.